The molecule has 3 rings (SSSR count). The highest BCUT2D eigenvalue weighted by Crippen LogP contribution is 2.18. The van der Waals surface area contributed by atoms with E-state index >= 15 is 0 Å². The number of anilines is 1. The van der Waals surface area contributed by atoms with Crippen LogP contribution < -0.4 is 11.1 Å². The smallest absolute Gasteiger partial charge is 0.265 e. The maximum absolute atomic E-state index is 12.5. The molecule has 120 valence electrons. The summed E-state index contributed by atoms with van der Waals surface area (Å²) >= 11 is 1.38. The molecule has 1 aromatic heterocycles. The number of hydrogen-bond donors (Lipinski definition) is 2. The zero-order chi connectivity index (χ0) is 16.2. The zero-order valence-corrected chi connectivity index (χ0v) is 13.5. The predicted molar refractivity (Wildman–Crippen MR) is 91.8 cm³/mol. The highest BCUT2D eigenvalue weighted by molar-refractivity contribution is 7.12. The summed E-state index contributed by atoms with van der Waals surface area (Å²) in [7, 11) is 0. The fourth-order valence-corrected chi connectivity index (χ4v) is 3.23. The van der Waals surface area contributed by atoms with Crippen molar-refractivity contribution in [3.63, 3.8) is 0 Å². The number of carbonyl (C=O) groups excluding carboxylic acids is 2. The lowest BCUT2D eigenvalue weighted by Gasteiger charge is -2.30. The minimum absolute atomic E-state index is 0.0101. The number of piperidine rings is 1. The second-order valence-electron chi connectivity index (χ2n) is 5.64. The average Bonchev–Trinajstić information content (AvgIpc) is 3.10. The Morgan fingerprint density at radius 3 is 2.65 bits per heavy atom. The Labute approximate surface area is 139 Å². The fraction of sp³-hybridized carbons (Fsp3) is 0.294. The third kappa shape index (κ3) is 3.78. The molecule has 2 heterocycles. The molecular weight excluding hydrogens is 310 g/mol. The van der Waals surface area contributed by atoms with Gasteiger partial charge in [-0.1, -0.05) is 12.1 Å². The van der Waals surface area contributed by atoms with E-state index in [9.17, 15) is 9.59 Å². The molecule has 1 fully saturated rings. The average molecular weight is 329 g/mol. The maximum atomic E-state index is 12.5. The molecule has 0 spiro atoms. The highest BCUT2D eigenvalue weighted by Gasteiger charge is 2.21. The van der Waals surface area contributed by atoms with Crippen molar-refractivity contribution in [3.8, 4) is 0 Å². The van der Waals surface area contributed by atoms with E-state index in [1.807, 2.05) is 16.3 Å². The number of rotatable bonds is 3. The van der Waals surface area contributed by atoms with E-state index in [1.165, 1.54) is 11.3 Å². The van der Waals surface area contributed by atoms with E-state index in [0.717, 1.165) is 12.8 Å². The first-order valence-electron chi connectivity index (χ1n) is 7.63. The lowest BCUT2D eigenvalue weighted by atomic mass is 10.0. The van der Waals surface area contributed by atoms with Gasteiger partial charge >= 0.3 is 0 Å². The first kappa shape index (κ1) is 15.7. The number of benzene rings is 1. The van der Waals surface area contributed by atoms with Gasteiger partial charge in [-0.3, -0.25) is 9.59 Å². The Bertz CT molecular complexity index is 692. The van der Waals surface area contributed by atoms with Crippen LogP contribution in [0.1, 0.15) is 32.9 Å². The molecular formula is C17H19N3O2S. The third-order valence-corrected chi connectivity index (χ3v) is 4.81. The van der Waals surface area contributed by atoms with Crippen molar-refractivity contribution in [3.05, 3.63) is 52.2 Å². The van der Waals surface area contributed by atoms with Crippen molar-refractivity contribution in [2.24, 2.45) is 5.73 Å². The normalized spacial score (nSPS) is 15.4. The van der Waals surface area contributed by atoms with Crippen molar-refractivity contribution in [1.29, 1.82) is 0 Å². The summed E-state index contributed by atoms with van der Waals surface area (Å²) in [5.41, 5.74) is 7.09. The molecule has 23 heavy (non-hydrogen) atoms. The van der Waals surface area contributed by atoms with Gasteiger partial charge in [0.1, 0.15) is 0 Å². The van der Waals surface area contributed by atoms with Crippen molar-refractivity contribution in [1.82, 2.24) is 4.90 Å². The summed E-state index contributed by atoms with van der Waals surface area (Å²) in [6.45, 7) is 1.37. The number of amides is 2. The van der Waals surface area contributed by atoms with Gasteiger partial charge in [-0.15, -0.1) is 11.3 Å². The molecule has 0 bridgehead atoms. The number of thiophene rings is 1. The summed E-state index contributed by atoms with van der Waals surface area (Å²) in [5.74, 6) is -0.169. The second kappa shape index (κ2) is 6.93. The van der Waals surface area contributed by atoms with Gasteiger partial charge in [0, 0.05) is 30.4 Å². The van der Waals surface area contributed by atoms with Crippen molar-refractivity contribution < 1.29 is 9.59 Å². The minimum atomic E-state index is -0.159. The molecule has 1 aliphatic rings. The van der Waals surface area contributed by atoms with E-state index in [2.05, 4.69) is 5.32 Å². The van der Waals surface area contributed by atoms with Gasteiger partial charge < -0.3 is 16.0 Å². The zero-order valence-electron chi connectivity index (χ0n) is 12.7. The number of likely N-dealkylation sites (tertiary alicyclic amines) is 1. The van der Waals surface area contributed by atoms with Crippen LogP contribution in [0.15, 0.2) is 41.8 Å². The summed E-state index contributed by atoms with van der Waals surface area (Å²) in [4.78, 5) is 27.1. The van der Waals surface area contributed by atoms with Gasteiger partial charge in [0.25, 0.3) is 11.8 Å². The molecule has 1 aliphatic heterocycles. The second-order valence-corrected chi connectivity index (χ2v) is 6.59. The predicted octanol–water partition coefficient (Wildman–Crippen LogP) is 2.56. The van der Waals surface area contributed by atoms with Crippen LogP contribution in [0.2, 0.25) is 0 Å². The molecule has 0 unspecified atom stereocenters. The first-order chi connectivity index (χ1) is 11.1. The number of nitrogens with two attached hydrogens (primary N) is 1. The lowest BCUT2D eigenvalue weighted by molar-refractivity contribution is 0.0714. The van der Waals surface area contributed by atoms with Crippen LogP contribution in [0, 0.1) is 0 Å². The monoisotopic (exact) mass is 329 g/mol. The highest BCUT2D eigenvalue weighted by atomic mass is 32.1. The van der Waals surface area contributed by atoms with Gasteiger partial charge in [0.05, 0.1) is 4.88 Å². The summed E-state index contributed by atoms with van der Waals surface area (Å²) < 4.78 is 0. The fourth-order valence-electron chi connectivity index (χ4n) is 2.62. The summed E-state index contributed by atoms with van der Waals surface area (Å²) in [6.07, 6.45) is 1.67. The van der Waals surface area contributed by atoms with Crippen LogP contribution in [0.3, 0.4) is 0 Å². The first-order valence-corrected chi connectivity index (χ1v) is 8.51. The third-order valence-electron chi connectivity index (χ3n) is 3.94. The SMILES string of the molecule is NC1CCN(C(=O)c2cccc(NC(=O)c3cccs3)c2)CC1. The van der Waals surface area contributed by atoms with Crippen molar-refractivity contribution >= 4 is 28.8 Å². The molecule has 1 aromatic carbocycles. The Morgan fingerprint density at radius 1 is 1.17 bits per heavy atom. The molecule has 0 saturated carbocycles. The molecule has 1 saturated heterocycles. The van der Waals surface area contributed by atoms with Crippen molar-refractivity contribution in [2.75, 3.05) is 18.4 Å². The van der Waals surface area contributed by atoms with Crippen molar-refractivity contribution in [2.45, 2.75) is 18.9 Å². The Hall–Kier alpha value is -2.18. The van der Waals surface area contributed by atoms with Gasteiger partial charge in [0.2, 0.25) is 0 Å². The van der Waals surface area contributed by atoms with E-state index in [-0.39, 0.29) is 17.9 Å². The van der Waals surface area contributed by atoms with E-state index in [1.54, 1.807) is 30.3 Å². The number of carbonyl (C=O) groups is 2. The van der Waals surface area contributed by atoms with Crippen LogP contribution in [-0.2, 0) is 0 Å². The largest absolute Gasteiger partial charge is 0.339 e. The molecule has 6 heteroatoms. The van der Waals surface area contributed by atoms with Crippen LogP contribution >= 0.6 is 11.3 Å². The maximum Gasteiger partial charge on any atom is 0.265 e. The number of nitrogens with zero attached hydrogens (tertiary/aromatic N) is 1. The Balaban J connectivity index is 1.69. The standard InChI is InChI=1S/C17H19N3O2S/c18-13-6-8-20(9-7-13)17(22)12-3-1-4-14(11-12)19-16(21)15-5-2-10-23-15/h1-5,10-11,13H,6-9,18H2,(H,19,21). The summed E-state index contributed by atoms with van der Waals surface area (Å²) in [5, 5.41) is 4.69. The number of nitrogens with one attached hydrogen (secondary N) is 1. The van der Waals surface area contributed by atoms with Gasteiger partial charge in [-0.2, -0.15) is 0 Å². The number of hydrogen-bond acceptors (Lipinski definition) is 4. The van der Waals surface area contributed by atoms with Crippen LogP contribution in [-0.4, -0.2) is 35.8 Å². The van der Waals surface area contributed by atoms with Crippen LogP contribution in [0.25, 0.3) is 0 Å². The van der Waals surface area contributed by atoms with Gasteiger partial charge in [-0.05, 0) is 42.5 Å². The quantitative estimate of drug-likeness (QED) is 0.909. The van der Waals surface area contributed by atoms with E-state index < -0.39 is 0 Å². The molecule has 2 aromatic rings. The minimum Gasteiger partial charge on any atom is -0.339 e. The summed E-state index contributed by atoms with van der Waals surface area (Å²) in [6, 6.07) is 10.9. The molecule has 0 atom stereocenters. The molecule has 0 radical (unpaired) electrons. The van der Waals surface area contributed by atoms with E-state index in [0.29, 0.717) is 29.2 Å². The lowest BCUT2D eigenvalue weighted by Crippen LogP contribution is -2.42. The molecule has 3 N–H and O–H groups in total. The Morgan fingerprint density at radius 2 is 1.96 bits per heavy atom. The Kier molecular flexibility index (Phi) is 4.73. The molecule has 0 aliphatic carbocycles. The topological polar surface area (TPSA) is 75.4 Å². The van der Waals surface area contributed by atoms with Crippen LogP contribution in [0.4, 0.5) is 5.69 Å². The van der Waals surface area contributed by atoms with Crippen LogP contribution in [0.5, 0.6) is 0 Å². The van der Waals surface area contributed by atoms with Gasteiger partial charge in [0.15, 0.2) is 0 Å². The van der Waals surface area contributed by atoms with E-state index in [4.69, 9.17) is 5.73 Å². The molecule has 2 amide bonds. The van der Waals surface area contributed by atoms with Gasteiger partial charge in [-0.25, -0.2) is 0 Å². The molecule has 5 nitrogen and oxygen atoms in total.